The lowest BCUT2D eigenvalue weighted by molar-refractivity contribution is -0.118. The number of hydrogen-bond acceptors (Lipinski definition) is 5. The lowest BCUT2D eigenvalue weighted by atomic mass is 10.0. The summed E-state index contributed by atoms with van der Waals surface area (Å²) in [5.41, 5.74) is 3.54. The van der Waals surface area contributed by atoms with Gasteiger partial charge in [-0.1, -0.05) is 29.3 Å². The molecule has 0 atom stereocenters. The van der Waals surface area contributed by atoms with Crippen molar-refractivity contribution in [2.24, 2.45) is 5.14 Å². The Hall–Kier alpha value is -3.40. The van der Waals surface area contributed by atoms with Crippen molar-refractivity contribution in [3.8, 4) is 5.75 Å². The number of sulfonamides is 1. The molecule has 178 valence electrons. The zero-order chi connectivity index (χ0) is 25.0. The second kappa shape index (κ2) is 10.3. The van der Waals surface area contributed by atoms with Crippen molar-refractivity contribution in [3.63, 3.8) is 0 Å². The number of carbonyl (C=O) groups excluding carboxylic acids is 2. The largest absolute Gasteiger partial charge is 0.482 e. The summed E-state index contributed by atoms with van der Waals surface area (Å²) < 4.78 is 28.6. The molecule has 4 N–H and O–H groups in total. The summed E-state index contributed by atoms with van der Waals surface area (Å²) in [4.78, 5) is 25.2. The fourth-order valence-electron chi connectivity index (χ4n) is 3.18. The number of benzene rings is 3. The van der Waals surface area contributed by atoms with Gasteiger partial charge in [0.05, 0.1) is 10.6 Å². The van der Waals surface area contributed by atoms with Crippen LogP contribution in [-0.2, 0) is 14.8 Å². The van der Waals surface area contributed by atoms with Gasteiger partial charge in [0, 0.05) is 16.3 Å². The van der Waals surface area contributed by atoms with Crippen LogP contribution in [0.25, 0.3) is 0 Å². The average molecular weight is 502 g/mol. The third-order valence-electron chi connectivity index (χ3n) is 4.99. The predicted molar refractivity (Wildman–Crippen MR) is 132 cm³/mol. The summed E-state index contributed by atoms with van der Waals surface area (Å²) in [5.74, 6) is -0.545. The van der Waals surface area contributed by atoms with Crippen LogP contribution in [0.1, 0.15) is 27.0 Å². The molecule has 0 aliphatic heterocycles. The fourth-order valence-corrected chi connectivity index (χ4v) is 3.95. The van der Waals surface area contributed by atoms with Crippen LogP contribution in [0.2, 0.25) is 5.02 Å². The van der Waals surface area contributed by atoms with E-state index in [-0.39, 0.29) is 23.2 Å². The number of aryl methyl sites for hydroxylation is 3. The summed E-state index contributed by atoms with van der Waals surface area (Å²) in [6, 6.07) is 14.4. The van der Waals surface area contributed by atoms with Crippen molar-refractivity contribution in [3.05, 3.63) is 81.9 Å². The van der Waals surface area contributed by atoms with Crippen molar-refractivity contribution in [2.75, 3.05) is 17.2 Å². The van der Waals surface area contributed by atoms with Gasteiger partial charge in [-0.2, -0.15) is 0 Å². The number of carbonyl (C=O) groups is 2. The highest BCUT2D eigenvalue weighted by Crippen LogP contribution is 2.29. The molecule has 8 nitrogen and oxygen atoms in total. The molecule has 0 unspecified atom stereocenters. The number of primary sulfonamides is 1. The Kier molecular flexibility index (Phi) is 7.61. The Labute approximate surface area is 203 Å². The van der Waals surface area contributed by atoms with Gasteiger partial charge in [0.15, 0.2) is 6.61 Å². The first-order valence-corrected chi connectivity index (χ1v) is 12.1. The van der Waals surface area contributed by atoms with Gasteiger partial charge in [-0.15, -0.1) is 0 Å². The monoisotopic (exact) mass is 501 g/mol. The Morgan fingerprint density at radius 1 is 0.912 bits per heavy atom. The van der Waals surface area contributed by atoms with Crippen LogP contribution < -0.4 is 20.5 Å². The van der Waals surface area contributed by atoms with Crippen LogP contribution in [0.15, 0.2) is 59.5 Å². The van der Waals surface area contributed by atoms with Crippen molar-refractivity contribution in [1.29, 1.82) is 0 Å². The maximum atomic E-state index is 12.8. The van der Waals surface area contributed by atoms with Crippen molar-refractivity contribution in [1.82, 2.24) is 0 Å². The van der Waals surface area contributed by atoms with Gasteiger partial charge in [0.2, 0.25) is 10.0 Å². The first-order valence-electron chi connectivity index (χ1n) is 10.2. The zero-order valence-electron chi connectivity index (χ0n) is 18.8. The van der Waals surface area contributed by atoms with E-state index in [1.165, 1.54) is 24.3 Å². The van der Waals surface area contributed by atoms with Gasteiger partial charge in [-0.05, 0) is 74.4 Å². The van der Waals surface area contributed by atoms with Crippen molar-refractivity contribution < 1.29 is 22.7 Å². The van der Waals surface area contributed by atoms with E-state index in [2.05, 4.69) is 10.6 Å². The molecule has 0 fully saturated rings. The van der Waals surface area contributed by atoms with Gasteiger partial charge >= 0.3 is 0 Å². The number of rotatable bonds is 7. The molecule has 0 saturated carbocycles. The van der Waals surface area contributed by atoms with E-state index in [9.17, 15) is 18.0 Å². The number of ether oxygens (including phenoxy) is 1. The molecular weight excluding hydrogens is 478 g/mol. The maximum absolute atomic E-state index is 12.8. The van der Waals surface area contributed by atoms with Crippen LogP contribution >= 0.6 is 11.6 Å². The van der Waals surface area contributed by atoms with E-state index in [4.69, 9.17) is 21.5 Å². The zero-order valence-corrected chi connectivity index (χ0v) is 20.4. The van der Waals surface area contributed by atoms with Crippen molar-refractivity contribution in [2.45, 2.75) is 25.7 Å². The van der Waals surface area contributed by atoms with E-state index in [1.807, 2.05) is 26.0 Å². The summed E-state index contributed by atoms with van der Waals surface area (Å²) in [6.45, 7) is 5.02. The first-order chi connectivity index (χ1) is 15.9. The van der Waals surface area contributed by atoms with E-state index in [1.54, 1.807) is 25.1 Å². The maximum Gasteiger partial charge on any atom is 0.262 e. The molecule has 3 aromatic carbocycles. The van der Waals surface area contributed by atoms with Gasteiger partial charge in [0.25, 0.3) is 11.8 Å². The molecule has 0 spiro atoms. The highest BCUT2D eigenvalue weighted by atomic mass is 35.5. The molecule has 0 aliphatic rings. The molecule has 3 aromatic rings. The van der Waals surface area contributed by atoms with Gasteiger partial charge in [0.1, 0.15) is 5.75 Å². The lowest BCUT2D eigenvalue weighted by Crippen LogP contribution is -2.22. The molecule has 3 rings (SSSR count). The lowest BCUT2D eigenvalue weighted by Gasteiger charge is -2.15. The second-order valence-corrected chi connectivity index (χ2v) is 9.77. The predicted octanol–water partition coefficient (Wildman–Crippen LogP) is 4.18. The van der Waals surface area contributed by atoms with Gasteiger partial charge in [-0.25, -0.2) is 13.6 Å². The normalized spacial score (nSPS) is 11.1. The quantitative estimate of drug-likeness (QED) is 0.447. The van der Waals surface area contributed by atoms with Gasteiger partial charge in [-0.3, -0.25) is 9.59 Å². The number of anilines is 2. The molecule has 10 heteroatoms. The van der Waals surface area contributed by atoms with Gasteiger partial charge < -0.3 is 15.4 Å². The summed E-state index contributed by atoms with van der Waals surface area (Å²) in [5, 5.41) is 11.0. The summed E-state index contributed by atoms with van der Waals surface area (Å²) >= 11 is 6.10. The van der Waals surface area contributed by atoms with E-state index < -0.39 is 15.9 Å². The molecule has 0 heterocycles. The minimum atomic E-state index is -3.84. The number of amides is 2. The summed E-state index contributed by atoms with van der Waals surface area (Å²) in [7, 11) is -3.84. The topological polar surface area (TPSA) is 128 Å². The van der Waals surface area contributed by atoms with Crippen LogP contribution in [0, 0.1) is 20.8 Å². The SMILES string of the molecule is Cc1ccc(C)c(C(=O)Nc2cc(Cl)ccc2OCC(=O)Nc2ccc(S(N)(=O)=O)cc2C)c1. The average Bonchev–Trinajstić information content (AvgIpc) is 2.75. The molecular formula is C24H24ClN3O5S. The Morgan fingerprint density at radius 2 is 1.65 bits per heavy atom. The molecule has 0 bridgehead atoms. The van der Waals surface area contributed by atoms with E-state index in [0.29, 0.717) is 27.5 Å². The third-order valence-corrected chi connectivity index (χ3v) is 6.13. The Balaban J connectivity index is 1.71. The van der Waals surface area contributed by atoms with Crippen LogP contribution in [-0.4, -0.2) is 26.8 Å². The van der Waals surface area contributed by atoms with Crippen LogP contribution in [0.5, 0.6) is 5.75 Å². The van der Waals surface area contributed by atoms with Crippen LogP contribution in [0.3, 0.4) is 0 Å². The fraction of sp³-hybridized carbons (Fsp3) is 0.167. The number of nitrogens with one attached hydrogen (secondary N) is 2. The minimum Gasteiger partial charge on any atom is -0.482 e. The highest BCUT2D eigenvalue weighted by molar-refractivity contribution is 7.89. The van der Waals surface area contributed by atoms with E-state index >= 15 is 0 Å². The molecule has 0 radical (unpaired) electrons. The van der Waals surface area contributed by atoms with Crippen LogP contribution in [0.4, 0.5) is 11.4 Å². The number of halogens is 1. The Morgan fingerprint density at radius 3 is 2.32 bits per heavy atom. The molecule has 0 aliphatic carbocycles. The molecule has 34 heavy (non-hydrogen) atoms. The number of nitrogens with two attached hydrogens (primary N) is 1. The van der Waals surface area contributed by atoms with Crippen molar-refractivity contribution >= 4 is 44.8 Å². The second-order valence-electron chi connectivity index (χ2n) is 7.77. The van der Waals surface area contributed by atoms with E-state index in [0.717, 1.165) is 11.1 Å². The minimum absolute atomic E-state index is 0.0513. The number of hydrogen-bond donors (Lipinski definition) is 3. The summed E-state index contributed by atoms with van der Waals surface area (Å²) in [6.07, 6.45) is 0. The molecule has 0 aromatic heterocycles. The molecule has 2 amide bonds. The molecule has 0 saturated heterocycles. The standard InChI is InChI=1S/C24H24ClN3O5S/c1-14-4-5-15(2)19(10-14)24(30)28-21-12-17(25)6-9-22(21)33-13-23(29)27-20-8-7-18(11-16(20)3)34(26,31)32/h4-12H,13H2,1-3H3,(H,27,29)(H,28,30)(H2,26,31,32). The smallest absolute Gasteiger partial charge is 0.262 e. The third kappa shape index (κ3) is 6.34. The highest BCUT2D eigenvalue weighted by Gasteiger charge is 2.15. The first kappa shape index (κ1) is 25.2. The Bertz CT molecular complexity index is 1370.